The van der Waals surface area contributed by atoms with Gasteiger partial charge in [-0.2, -0.15) is 0 Å². The highest BCUT2D eigenvalue weighted by Crippen LogP contribution is 2.15. The Labute approximate surface area is 87.1 Å². The molecular formula is C11H10ClNO. The van der Waals surface area contributed by atoms with Gasteiger partial charge in [0.15, 0.2) is 0 Å². The summed E-state index contributed by atoms with van der Waals surface area (Å²) in [6, 6.07) is 9.73. The van der Waals surface area contributed by atoms with Gasteiger partial charge < -0.3 is 0 Å². The lowest BCUT2D eigenvalue weighted by molar-refractivity contribution is 0.0915. The molecule has 0 fully saturated rings. The summed E-state index contributed by atoms with van der Waals surface area (Å²) >= 11 is 5.53. The molecule has 2 nitrogen and oxygen atoms in total. The van der Waals surface area contributed by atoms with Crippen LogP contribution in [0.15, 0.2) is 36.5 Å². The minimum absolute atomic E-state index is 0.0428. The number of carbonyl (C=O) groups excluding carboxylic acids is 1. The topological polar surface area (TPSA) is 22.0 Å². The molecule has 3 heteroatoms. The first-order valence-corrected chi connectivity index (χ1v) is 5.01. The van der Waals surface area contributed by atoms with E-state index in [0.717, 1.165) is 10.9 Å². The molecule has 0 amide bonds. The Balaban J connectivity index is 2.47. The van der Waals surface area contributed by atoms with E-state index in [-0.39, 0.29) is 5.91 Å². The molecule has 0 unspecified atom stereocenters. The number of aromatic nitrogens is 1. The Morgan fingerprint density at radius 3 is 2.86 bits per heavy atom. The summed E-state index contributed by atoms with van der Waals surface area (Å²) in [5.41, 5.74) is 0.947. The number of nitrogens with zero attached hydrogens (tertiary/aromatic N) is 1. The second-order valence-electron chi connectivity index (χ2n) is 3.08. The number of alkyl halides is 1. The lowest BCUT2D eigenvalue weighted by atomic mass is 10.2. The number of hydrogen-bond donors (Lipinski definition) is 0. The van der Waals surface area contributed by atoms with E-state index in [4.69, 9.17) is 11.6 Å². The van der Waals surface area contributed by atoms with Crippen molar-refractivity contribution in [2.75, 3.05) is 5.88 Å². The second-order valence-corrected chi connectivity index (χ2v) is 3.46. The van der Waals surface area contributed by atoms with E-state index in [9.17, 15) is 4.79 Å². The van der Waals surface area contributed by atoms with Gasteiger partial charge >= 0.3 is 0 Å². The van der Waals surface area contributed by atoms with Crippen molar-refractivity contribution < 1.29 is 4.79 Å². The molecule has 0 aliphatic rings. The number of rotatable bonds is 2. The summed E-state index contributed by atoms with van der Waals surface area (Å²) in [6.45, 7) is 0. The summed E-state index contributed by atoms with van der Waals surface area (Å²) in [7, 11) is 0. The van der Waals surface area contributed by atoms with Gasteiger partial charge in [0.05, 0.1) is 5.52 Å². The van der Waals surface area contributed by atoms with Gasteiger partial charge in [-0.25, -0.2) is 0 Å². The highest BCUT2D eigenvalue weighted by atomic mass is 35.5. The number of hydrogen-bond acceptors (Lipinski definition) is 1. The van der Waals surface area contributed by atoms with Gasteiger partial charge in [-0.3, -0.25) is 9.36 Å². The van der Waals surface area contributed by atoms with Crippen molar-refractivity contribution in [2.24, 2.45) is 0 Å². The molecule has 2 rings (SSSR count). The monoisotopic (exact) mass is 207 g/mol. The van der Waals surface area contributed by atoms with Crippen molar-refractivity contribution in [1.29, 1.82) is 0 Å². The van der Waals surface area contributed by atoms with E-state index in [0.29, 0.717) is 12.3 Å². The van der Waals surface area contributed by atoms with Gasteiger partial charge in [-0.1, -0.05) is 18.2 Å². The molecule has 0 spiro atoms. The van der Waals surface area contributed by atoms with E-state index in [1.54, 1.807) is 10.8 Å². The lowest BCUT2D eigenvalue weighted by Gasteiger charge is -2.01. The van der Waals surface area contributed by atoms with Crippen LogP contribution >= 0.6 is 11.6 Å². The van der Waals surface area contributed by atoms with E-state index < -0.39 is 0 Å². The summed E-state index contributed by atoms with van der Waals surface area (Å²) in [4.78, 5) is 11.6. The molecule has 0 aliphatic carbocycles. The average molecular weight is 208 g/mol. The summed E-state index contributed by atoms with van der Waals surface area (Å²) in [5.74, 6) is 0.409. The molecule has 1 heterocycles. The number of halogens is 1. The van der Waals surface area contributed by atoms with Crippen molar-refractivity contribution in [3.8, 4) is 0 Å². The molecule has 0 aliphatic heterocycles. The highest BCUT2D eigenvalue weighted by Gasteiger charge is 2.06. The number of benzene rings is 1. The standard InChI is InChI=1S/C11H10ClNO/c12-7-5-11(14)13-8-6-9-3-1-2-4-10(9)13/h1-4,6,8H,5,7H2. The molecule has 0 bridgehead atoms. The maximum Gasteiger partial charge on any atom is 0.232 e. The smallest absolute Gasteiger partial charge is 0.232 e. The van der Waals surface area contributed by atoms with Crippen molar-refractivity contribution in [3.63, 3.8) is 0 Å². The second kappa shape index (κ2) is 3.84. The van der Waals surface area contributed by atoms with Crippen LogP contribution in [0.25, 0.3) is 10.9 Å². The maximum absolute atomic E-state index is 11.6. The van der Waals surface area contributed by atoms with E-state index in [1.807, 2.05) is 30.3 Å². The van der Waals surface area contributed by atoms with Crippen LogP contribution in [0.5, 0.6) is 0 Å². The molecule has 72 valence electrons. The molecular weight excluding hydrogens is 198 g/mol. The van der Waals surface area contributed by atoms with Crippen LogP contribution in [-0.2, 0) is 0 Å². The van der Waals surface area contributed by atoms with Crippen LogP contribution in [0.1, 0.15) is 11.2 Å². The third kappa shape index (κ3) is 1.53. The fraction of sp³-hybridized carbons (Fsp3) is 0.182. The minimum Gasteiger partial charge on any atom is -0.287 e. The maximum atomic E-state index is 11.6. The van der Waals surface area contributed by atoms with Gasteiger partial charge in [-0.05, 0) is 12.1 Å². The third-order valence-electron chi connectivity index (χ3n) is 2.18. The molecule has 1 aromatic heterocycles. The predicted octanol–water partition coefficient (Wildman–Crippen LogP) is 2.91. The van der Waals surface area contributed by atoms with E-state index >= 15 is 0 Å². The third-order valence-corrected chi connectivity index (χ3v) is 2.37. The minimum atomic E-state index is 0.0428. The molecule has 1 aromatic carbocycles. The predicted molar refractivity (Wildman–Crippen MR) is 57.9 cm³/mol. The number of fused-ring (bicyclic) bond motifs is 1. The van der Waals surface area contributed by atoms with Gasteiger partial charge in [0.1, 0.15) is 0 Å². The van der Waals surface area contributed by atoms with Crippen molar-refractivity contribution in [2.45, 2.75) is 6.42 Å². The van der Waals surface area contributed by atoms with Crippen LogP contribution in [0, 0.1) is 0 Å². The fourth-order valence-electron chi connectivity index (χ4n) is 1.50. The molecule has 0 atom stereocenters. The van der Waals surface area contributed by atoms with Gasteiger partial charge in [0.25, 0.3) is 0 Å². The molecule has 2 aromatic rings. The molecule has 0 saturated carbocycles. The fourth-order valence-corrected chi connectivity index (χ4v) is 1.66. The van der Waals surface area contributed by atoms with Crippen LogP contribution in [0.2, 0.25) is 0 Å². The first kappa shape index (κ1) is 9.28. The van der Waals surface area contributed by atoms with Crippen LogP contribution in [0.4, 0.5) is 0 Å². The Morgan fingerprint density at radius 2 is 2.07 bits per heavy atom. The molecule has 14 heavy (non-hydrogen) atoms. The highest BCUT2D eigenvalue weighted by molar-refractivity contribution is 6.19. The van der Waals surface area contributed by atoms with Crippen LogP contribution in [-0.4, -0.2) is 16.4 Å². The largest absolute Gasteiger partial charge is 0.287 e. The lowest BCUT2D eigenvalue weighted by Crippen LogP contribution is -2.09. The van der Waals surface area contributed by atoms with Crippen LogP contribution in [0.3, 0.4) is 0 Å². The molecule has 0 radical (unpaired) electrons. The first-order chi connectivity index (χ1) is 6.83. The number of carbonyl (C=O) groups is 1. The normalized spacial score (nSPS) is 10.6. The Bertz CT molecular complexity index is 461. The van der Waals surface area contributed by atoms with Crippen molar-refractivity contribution >= 4 is 28.4 Å². The summed E-state index contributed by atoms with van der Waals surface area (Å²) in [6.07, 6.45) is 2.17. The Kier molecular flexibility index (Phi) is 2.55. The number of para-hydroxylation sites is 1. The molecule has 0 N–H and O–H groups in total. The Hall–Kier alpha value is -1.28. The SMILES string of the molecule is O=C(CCCl)n1ccc2ccccc21. The van der Waals surface area contributed by atoms with E-state index in [2.05, 4.69) is 0 Å². The van der Waals surface area contributed by atoms with Gasteiger partial charge in [0, 0.05) is 23.9 Å². The first-order valence-electron chi connectivity index (χ1n) is 4.48. The van der Waals surface area contributed by atoms with Crippen LogP contribution < -0.4 is 0 Å². The zero-order chi connectivity index (χ0) is 9.97. The quantitative estimate of drug-likeness (QED) is 0.694. The van der Waals surface area contributed by atoms with E-state index in [1.165, 1.54) is 0 Å². The summed E-state index contributed by atoms with van der Waals surface area (Å²) in [5, 5.41) is 1.08. The summed E-state index contributed by atoms with van der Waals surface area (Å²) < 4.78 is 1.65. The van der Waals surface area contributed by atoms with Gasteiger partial charge in [-0.15, -0.1) is 11.6 Å². The van der Waals surface area contributed by atoms with Crippen molar-refractivity contribution in [3.05, 3.63) is 36.5 Å². The van der Waals surface area contributed by atoms with Gasteiger partial charge in [0.2, 0.25) is 5.91 Å². The zero-order valence-electron chi connectivity index (χ0n) is 7.61. The Morgan fingerprint density at radius 1 is 1.29 bits per heavy atom. The average Bonchev–Trinajstić information content (AvgIpc) is 2.61. The zero-order valence-corrected chi connectivity index (χ0v) is 8.37. The molecule has 0 saturated heterocycles. The van der Waals surface area contributed by atoms with Crippen molar-refractivity contribution in [1.82, 2.24) is 4.57 Å².